The van der Waals surface area contributed by atoms with Crippen LogP contribution in [0.5, 0.6) is 0 Å². The molecule has 1 aromatic carbocycles. The molecule has 0 aliphatic carbocycles. The van der Waals surface area contributed by atoms with Crippen molar-refractivity contribution in [3.63, 3.8) is 0 Å². The fourth-order valence-electron chi connectivity index (χ4n) is 1.45. The van der Waals surface area contributed by atoms with Gasteiger partial charge in [0.15, 0.2) is 0 Å². The number of carbonyl (C=O) groups excluding carboxylic acids is 1. The summed E-state index contributed by atoms with van der Waals surface area (Å²) >= 11 is 0. The maximum absolute atomic E-state index is 11.1. The zero-order chi connectivity index (χ0) is 12.1. The zero-order valence-corrected chi connectivity index (χ0v) is 10.3. The number of hydrogen-bond acceptors (Lipinski definition) is 2. The number of hydrogen-bond donors (Lipinski definition) is 0. The predicted molar refractivity (Wildman–Crippen MR) is 66.2 cm³/mol. The van der Waals surface area contributed by atoms with E-state index in [0.717, 1.165) is 11.1 Å². The lowest BCUT2D eigenvalue weighted by atomic mass is 9.99. The Morgan fingerprint density at radius 2 is 1.81 bits per heavy atom. The number of benzene rings is 1. The van der Waals surface area contributed by atoms with Gasteiger partial charge in [0.05, 0.1) is 7.11 Å². The molecule has 1 rings (SSSR count). The van der Waals surface area contributed by atoms with Crippen molar-refractivity contribution in [3.05, 3.63) is 41.5 Å². The lowest BCUT2D eigenvalue weighted by Crippen LogP contribution is -1.96. The van der Waals surface area contributed by atoms with E-state index in [0.29, 0.717) is 5.92 Å². The van der Waals surface area contributed by atoms with Gasteiger partial charge in [0.2, 0.25) is 0 Å². The predicted octanol–water partition coefficient (Wildman–Crippen LogP) is 3.39. The maximum Gasteiger partial charge on any atom is 0.330 e. The molecule has 0 aliphatic heterocycles. The molecule has 0 N–H and O–H groups in total. The Balaban J connectivity index is 2.89. The summed E-state index contributed by atoms with van der Waals surface area (Å²) < 4.78 is 4.59. The molecule has 0 bridgehead atoms. The van der Waals surface area contributed by atoms with Crippen LogP contribution < -0.4 is 0 Å². The van der Waals surface area contributed by atoms with Crippen molar-refractivity contribution >= 4 is 11.5 Å². The van der Waals surface area contributed by atoms with Crippen molar-refractivity contribution < 1.29 is 9.53 Å². The lowest BCUT2D eigenvalue weighted by Gasteiger charge is -2.07. The van der Waals surface area contributed by atoms with Crippen molar-refractivity contribution in [3.8, 4) is 0 Å². The molecule has 2 nitrogen and oxygen atoms in total. The minimum absolute atomic E-state index is 0.314. The minimum Gasteiger partial charge on any atom is -0.466 e. The molecular formula is C14H18O2. The summed E-state index contributed by atoms with van der Waals surface area (Å²) in [6.07, 6.45) is 1.50. The maximum atomic E-state index is 11.1. The van der Waals surface area contributed by atoms with E-state index in [4.69, 9.17) is 0 Å². The minimum atomic E-state index is -0.314. The van der Waals surface area contributed by atoms with Crippen LogP contribution in [0.4, 0.5) is 0 Å². The second-order valence-electron chi connectivity index (χ2n) is 4.13. The van der Waals surface area contributed by atoms with E-state index in [9.17, 15) is 4.79 Å². The molecular weight excluding hydrogens is 200 g/mol. The Morgan fingerprint density at radius 1 is 1.25 bits per heavy atom. The summed E-state index contributed by atoms with van der Waals surface area (Å²) in [6.45, 7) is 6.22. The standard InChI is InChI=1S/C14H18O2/c1-10(2)12-5-7-13(8-6-12)11(3)9-14(15)16-4/h5-10H,1-4H3/b11-9-. The van der Waals surface area contributed by atoms with Crippen molar-refractivity contribution in [2.75, 3.05) is 7.11 Å². The molecule has 0 atom stereocenters. The molecule has 0 radical (unpaired) electrons. The smallest absolute Gasteiger partial charge is 0.330 e. The summed E-state index contributed by atoms with van der Waals surface area (Å²) in [5, 5.41) is 0. The number of allylic oxidation sites excluding steroid dienone is 1. The van der Waals surface area contributed by atoms with Gasteiger partial charge in [0.1, 0.15) is 0 Å². The van der Waals surface area contributed by atoms with Gasteiger partial charge in [-0.3, -0.25) is 0 Å². The van der Waals surface area contributed by atoms with E-state index < -0.39 is 0 Å². The van der Waals surface area contributed by atoms with E-state index in [1.807, 2.05) is 19.1 Å². The van der Waals surface area contributed by atoms with Crippen LogP contribution >= 0.6 is 0 Å². The molecule has 0 heterocycles. The Kier molecular flexibility index (Phi) is 4.29. The van der Waals surface area contributed by atoms with Crippen molar-refractivity contribution in [1.82, 2.24) is 0 Å². The van der Waals surface area contributed by atoms with E-state index in [-0.39, 0.29) is 5.97 Å². The molecule has 2 heteroatoms. The van der Waals surface area contributed by atoms with Gasteiger partial charge in [-0.25, -0.2) is 4.79 Å². The SMILES string of the molecule is COC(=O)/C=C(/C)c1ccc(C(C)C)cc1. The highest BCUT2D eigenvalue weighted by Crippen LogP contribution is 2.19. The third-order valence-corrected chi connectivity index (χ3v) is 2.57. The molecule has 0 fully saturated rings. The average molecular weight is 218 g/mol. The first-order valence-corrected chi connectivity index (χ1v) is 5.41. The van der Waals surface area contributed by atoms with E-state index >= 15 is 0 Å². The molecule has 86 valence electrons. The topological polar surface area (TPSA) is 26.3 Å². The third-order valence-electron chi connectivity index (χ3n) is 2.57. The molecule has 16 heavy (non-hydrogen) atoms. The van der Waals surface area contributed by atoms with Crippen LogP contribution in [0.3, 0.4) is 0 Å². The van der Waals surface area contributed by atoms with Crippen molar-refractivity contribution in [2.45, 2.75) is 26.7 Å². The third kappa shape index (κ3) is 3.23. The first-order valence-electron chi connectivity index (χ1n) is 5.41. The highest BCUT2D eigenvalue weighted by Gasteiger charge is 2.02. The Bertz CT molecular complexity index is 386. The Hall–Kier alpha value is -1.57. The summed E-state index contributed by atoms with van der Waals surface area (Å²) in [5.41, 5.74) is 3.27. The highest BCUT2D eigenvalue weighted by molar-refractivity contribution is 5.90. The Morgan fingerprint density at radius 3 is 2.25 bits per heavy atom. The van der Waals surface area contributed by atoms with Gasteiger partial charge in [-0.1, -0.05) is 38.1 Å². The van der Waals surface area contributed by atoms with E-state index in [2.05, 4.69) is 30.7 Å². The first-order chi connectivity index (χ1) is 7.54. The van der Waals surface area contributed by atoms with Crippen LogP contribution in [0.2, 0.25) is 0 Å². The fourth-order valence-corrected chi connectivity index (χ4v) is 1.45. The van der Waals surface area contributed by atoms with Crippen LogP contribution in [0.15, 0.2) is 30.3 Å². The fraction of sp³-hybridized carbons (Fsp3) is 0.357. The molecule has 0 saturated heterocycles. The van der Waals surface area contributed by atoms with Crippen LogP contribution in [0.25, 0.3) is 5.57 Å². The van der Waals surface area contributed by atoms with Crippen LogP contribution in [0.1, 0.15) is 37.8 Å². The monoisotopic (exact) mass is 218 g/mol. The van der Waals surface area contributed by atoms with Gasteiger partial charge < -0.3 is 4.74 Å². The van der Waals surface area contributed by atoms with Gasteiger partial charge in [-0.15, -0.1) is 0 Å². The quantitative estimate of drug-likeness (QED) is 0.574. The molecule has 0 unspecified atom stereocenters. The molecule has 0 spiro atoms. The van der Waals surface area contributed by atoms with E-state index in [1.54, 1.807) is 0 Å². The van der Waals surface area contributed by atoms with Gasteiger partial charge in [0.25, 0.3) is 0 Å². The first kappa shape index (κ1) is 12.5. The number of ether oxygens (including phenoxy) is 1. The number of rotatable bonds is 3. The molecule has 0 aliphatic rings. The lowest BCUT2D eigenvalue weighted by molar-refractivity contribution is -0.134. The number of carbonyl (C=O) groups is 1. The van der Waals surface area contributed by atoms with Gasteiger partial charge in [0, 0.05) is 6.08 Å². The summed E-state index contributed by atoms with van der Waals surface area (Å²) in [7, 11) is 1.38. The van der Waals surface area contributed by atoms with Gasteiger partial charge in [-0.2, -0.15) is 0 Å². The largest absolute Gasteiger partial charge is 0.466 e. The average Bonchev–Trinajstić information content (AvgIpc) is 2.28. The van der Waals surface area contributed by atoms with Crippen LogP contribution in [-0.2, 0) is 9.53 Å². The second kappa shape index (κ2) is 5.50. The summed E-state index contributed by atoms with van der Waals surface area (Å²) in [4.78, 5) is 11.1. The normalized spacial score (nSPS) is 11.7. The van der Waals surface area contributed by atoms with Gasteiger partial charge >= 0.3 is 5.97 Å². The highest BCUT2D eigenvalue weighted by atomic mass is 16.5. The molecule has 0 amide bonds. The Labute approximate surface area is 96.9 Å². The zero-order valence-electron chi connectivity index (χ0n) is 10.3. The van der Waals surface area contributed by atoms with E-state index in [1.165, 1.54) is 18.7 Å². The van der Waals surface area contributed by atoms with Crippen molar-refractivity contribution in [2.24, 2.45) is 0 Å². The van der Waals surface area contributed by atoms with Crippen LogP contribution in [0, 0.1) is 0 Å². The molecule has 0 saturated carbocycles. The summed E-state index contributed by atoms with van der Waals surface area (Å²) in [6, 6.07) is 8.25. The molecule has 0 aromatic heterocycles. The van der Waals surface area contributed by atoms with Gasteiger partial charge in [-0.05, 0) is 29.5 Å². The molecule has 1 aromatic rings. The number of methoxy groups -OCH3 is 1. The van der Waals surface area contributed by atoms with Crippen molar-refractivity contribution in [1.29, 1.82) is 0 Å². The van der Waals surface area contributed by atoms with Crippen LogP contribution in [-0.4, -0.2) is 13.1 Å². The second-order valence-corrected chi connectivity index (χ2v) is 4.13. The summed E-state index contributed by atoms with van der Waals surface area (Å²) in [5.74, 6) is 0.212. The number of esters is 1.